The molecule has 2 fully saturated rings. The van der Waals surface area contributed by atoms with Gasteiger partial charge in [-0.05, 0) is 80.5 Å². The van der Waals surface area contributed by atoms with Crippen LogP contribution in [-0.4, -0.2) is 45.8 Å². The molecular formula is C29H39N3O2. The summed E-state index contributed by atoms with van der Waals surface area (Å²) in [5.41, 5.74) is 5.04. The van der Waals surface area contributed by atoms with Crippen molar-refractivity contribution in [3.05, 3.63) is 71.5 Å². The van der Waals surface area contributed by atoms with Gasteiger partial charge in [-0.1, -0.05) is 31.6 Å². The summed E-state index contributed by atoms with van der Waals surface area (Å²) in [4.78, 5) is 11.6. The Morgan fingerprint density at radius 2 is 1.97 bits per heavy atom. The maximum atomic E-state index is 10.5. The Kier molecular flexibility index (Phi) is 7.60. The zero-order valence-electron chi connectivity index (χ0n) is 20.4. The number of likely N-dealkylation sites (tertiary alicyclic amines) is 1. The molecule has 3 aliphatic rings. The molecule has 0 amide bonds. The van der Waals surface area contributed by atoms with Gasteiger partial charge in [0.2, 0.25) is 0 Å². The highest BCUT2D eigenvalue weighted by molar-refractivity contribution is 5.32. The zero-order valence-corrected chi connectivity index (χ0v) is 20.4. The number of fused-ring (bicyclic) bond motifs is 1. The molecule has 0 spiro atoms. The number of aromatic nitrogens is 2. The van der Waals surface area contributed by atoms with E-state index in [0.29, 0.717) is 5.92 Å². The fourth-order valence-corrected chi connectivity index (χ4v) is 6.04. The summed E-state index contributed by atoms with van der Waals surface area (Å²) in [5, 5.41) is 10.5. The summed E-state index contributed by atoms with van der Waals surface area (Å²) in [6.45, 7) is 6.52. The zero-order chi connectivity index (χ0) is 23.3. The highest BCUT2D eigenvalue weighted by Gasteiger charge is 2.35. The number of hydrogen-bond acceptors (Lipinski definition) is 5. The Morgan fingerprint density at radius 1 is 1.12 bits per heavy atom. The molecule has 3 atom stereocenters. The van der Waals surface area contributed by atoms with Crippen LogP contribution in [0.3, 0.4) is 0 Å². The standard InChI is InChI=1S/C29H39N3O2/c1-21(33)29(26-11-6-16-31-28(26)24-8-4-9-24)32-17-14-25(20-32)34-18-3-2-7-22-12-13-23-10-5-15-30-27(23)19-22/h5-6,10-11,15-16,22,24-25,29,33H,1-4,7-9,12-14,17-20H2/t22-,25+,29?/m0/s1. The molecule has 5 heteroatoms. The molecule has 5 nitrogen and oxygen atoms in total. The first-order valence-corrected chi connectivity index (χ1v) is 13.3. The molecule has 2 aromatic heterocycles. The van der Waals surface area contributed by atoms with Gasteiger partial charge in [0.1, 0.15) is 5.76 Å². The Balaban J connectivity index is 1.07. The van der Waals surface area contributed by atoms with Crippen LogP contribution >= 0.6 is 0 Å². The highest BCUT2D eigenvalue weighted by Crippen LogP contribution is 2.41. The minimum atomic E-state index is -0.180. The Labute approximate surface area is 204 Å². The van der Waals surface area contributed by atoms with Gasteiger partial charge in [-0.2, -0.15) is 0 Å². The molecule has 3 heterocycles. The second-order valence-corrected chi connectivity index (χ2v) is 10.5. The Hall–Kier alpha value is -2.24. The third-order valence-corrected chi connectivity index (χ3v) is 8.16. The summed E-state index contributed by atoms with van der Waals surface area (Å²) < 4.78 is 6.27. The number of hydrogen-bond donors (Lipinski definition) is 1. The number of unbranched alkanes of at least 4 members (excludes halogenated alkanes) is 1. The van der Waals surface area contributed by atoms with Gasteiger partial charge in [0.15, 0.2) is 0 Å². The molecular weight excluding hydrogens is 422 g/mol. The second-order valence-electron chi connectivity index (χ2n) is 10.5. The van der Waals surface area contributed by atoms with E-state index in [0.717, 1.165) is 56.1 Å². The van der Waals surface area contributed by atoms with E-state index in [4.69, 9.17) is 9.72 Å². The average Bonchev–Trinajstić information content (AvgIpc) is 3.27. The van der Waals surface area contributed by atoms with Crippen LogP contribution in [0.5, 0.6) is 0 Å². The third-order valence-electron chi connectivity index (χ3n) is 8.16. The monoisotopic (exact) mass is 461 g/mol. The number of aryl methyl sites for hydroxylation is 1. The number of aliphatic hydroxyl groups excluding tert-OH is 1. The third kappa shape index (κ3) is 5.36. The first kappa shape index (κ1) is 23.5. The minimum Gasteiger partial charge on any atom is -0.511 e. The predicted octanol–water partition coefficient (Wildman–Crippen LogP) is 5.92. The van der Waals surface area contributed by atoms with Crippen molar-refractivity contribution in [1.29, 1.82) is 0 Å². The topological polar surface area (TPSA) is 58.5 Å². The van der Waals surface area contributed by atoms with Crippen molar-refractivity contribution in [2.75, 3.05) is 19.7 Å². The fourth-order valence-electron chi connectivity index (χ4n) is 6.04. The van der Waals surface area contributed by atoms with Crippen LogP contribution in [0, 0.1) is 5.92 Å². The van der Waals surface area contributed by atoms with Crippen LogP contribution in [0.25, 0.3) is 0 Å². The Morgan fingerprint density at radius 3 is 2.79 bits per heavy atom. The molecule has 1 aliphatic heterocycles. The fraction of sp³-hybridized carbons (Fsp3) is 0.586. The quantitative estimate of drug-likeness (QED) is 0.351. The molecule has 0 bridgehead atoms. The lowest BCUT2D eigenvalue weighted by Gasteiger charge is -2.32. The van der Waals surface area contributed by atoms with E-state index in [1.54, 1.807) is 0 Å². The first-order chi connectivity index (χ1) is 16.7. The van der Waals surface area contributed by atoms with Crippen molar-refractivity contribution >= 4 is 0 Å². The van der Waals surface area contributed by atoms with Gasteiger partial charge < -0.3 is 9.84 Å². The van der Waals surface area contributed by atoms with Crippen LogP contribution in [0.2, 0.25) is 0 Å². The molecule has 1 saturated carbocycles. The van der Waals surface area contributed by atoms with E-state index in [2.05, 4.69) is 34.7 Å². The van der Waals surface area contributed by atoms with Crippen molar-refractivity contribution in [2.24, 2.45) is 5.92 Å². The summed E-state index contributed by atoms with van der Waals surface area (Å²) in [5.74, 6) is 1.52. The molecule has 2 aromatic rings. The van der Waals surface area contributed by atoms with E-state index < -0.39 is 0 Å². The normalized spacial score (nSPS) is 23.9. The van der Waals surface area contributed by atoms with Gasteiger partial charge in [-0.15, -0.1) is 0 Å². The molecule has 182 valence electrons. The van der Waals surface area contributed by atoms with Crippen LogP contribution < -0.4 is 0 Å². The van der Waals surface area contributed by atoms with Gasteiger partial charge in [-0.3, -0.25) is 14.9 Å². The van der Waals surface area contributed by atoms with Crippen molar-refractivity contribution in [3.63, 3.8) is 0 Å². The average molecular weight is 462 g/mol. The number of aliphatic hydroxyl groups is 1. The molecule has 1 N–H and O–H groups in total. The minimum absolute atomic E-state index is 0.180. The summed E-state index contributed by atoms with van der Waals surface area (Å²) >= 11 is 0. The van der Waals surface area contributed by atoms with Crippen molar-refractivity contribution in [2.45, 2.75) is 82.3 Å². The molecule has 1 saturated heterocycles. The van der Waals surface area contributed by atoms with E-state index in [1.807, 2.05) is 18.5 Å². The largest absolute Gasteiger partial charge is 0.511 e. The van der Waals surface area contributed by atoms with Crippen LogP contribution in [0.1, 0.15) is 85.8 Å². The van der Waals surface area contributed by atoms with Crippen LogP contribution in [0.4, 0.5) is 0 Å². The highest BCUT2D eigenvalue weighted by atomic mass is 16.5. The van der Waals surface area contributed by atoms with Crippen molar-refractivity contribution in [1.82, 2.24) is 14.9 Å². The van der Waals surface area contributed by atoms with Gasteiger partial charge in [0, 0.05) is 49.4 Å². The molecule has 5 rings (SSSR count). The SMILES string of the molecule is C=C(O)C(c1cccnc1C1CCC1)N1CC[C@@H](OCCCC[C@H]2CCc3cccnc3C2)C1. The van der Waals surface area contributed by atoms with E-state index in [9.17, 15) is 5.11 Å². The van der Waals surface area contributed by atoms with Gasteiger partial charge in [-0.25, -0.2) is 0 Å². The maximum Gasteiger partial charge on any atom is 0.107 e. The predicted molar refractivity (Wildman–Crippen MR) is 135 cm³/mol. The number of rotatable bonds is 10. The molecule has 34 heavy (non-hydrogen) atoms. The Bertz CT molecular complexity index is 973. The number of ether oxygens (including phenoxy) is 1. The first-order valence-electron chi connectivity index (χ1n) is 13.3. The number of pyridine rings is 2. The lowest BCUT2D eigenvalue weighted by molar-refractivity contribution is 0.0515. The lowest BCUT2D eigenvalue weighted by atomic mass is 9.79. The summed E-state index contributed by atoms with van der Waals surface area (Å²) in [7, 11) is 0. The molecule has 0 aromatic carbocycles. The maximum absolute atomic E-state index is 10.5. The lowest BCUT2D eigenvalue weighted by Crippen LogP contribution is -2.31. The van der Waals surface area contributed by atoms with Crippen molar-refractivity contribution < 1.29 is 9.84 Å². The smallest absolute Gasteiger partial charge is 0.107 e. The molecule has 2 aliphatic carbocycles. The number of nitrogens with zero attached hydrogens (tertiary/aromatic N) is 3. The van der Waals surface area contributed by atoms with Crippen molar-refractivity contribution in [3.8, 4) is 0 Å². The summed E-state index contributed by atoms with van der Waals surface area (Å²) in [6, 6.07) is 8.22. The summed E-state index contributed by atoms with van der Waals surface area (Å²) in [6.07, 6.45) is 15.9. The van der Waals surface area contributed by atoms with E-state index >= 15 is 0 Å². The van der Waals surface area contributed by atoms with Gasteiger partial charge in [0.05, 0.1) is 12.1 Å². The van der Waals surface area contributed by atoms with Crippen LogP contribution in [0.15, 0.2) is 49.0 Å². The molecule has 0 radical (unpaired) electrons. The van der Waals surface area contributed by atoms with Crippen LogP contribution in [-0.2, 0) is 17.6 Å². The van der Waals surface area contributed by atoms with E-state index in [-0.39, 0.29) is 17.9 Å². The van der Waals surface area contributed by atoms with Gasteiger partial charge >= 0.3 is 0 Å². The van der Waals surface area contributed by atoms with E-state index in [1.165, 1.54) is 56.2 Å². The van der Waals surface area contributed by atoms with Gasteiger partial charge in [0.25, 0.3) is 0 Å². The second kappa shape index (κ2) is 11.0. The molecule has 1 unspecified atom stereocenters.